The van der Waals surface area contributed by atoms with Crippen LogP contribution < -0.4 is 15.8 Å². The van der Waals surface area contributed by atoms with Crippen LogP contribution >= 0.6 is 0 Å². The number of ether oxygens (including phenoxy) is 1. The van der Waals surface area contributed by atoms with Crippen LogP contribution in [-0.4, -0.2) is 43.0 Å². The highest BCUT2D eigenvalue weighted by Crippen LogP contribution is 2.14. The molecular weight excluding hydrogens is 258 g/mol. The van der Waals surface area contributed by atoms with Gasteiger partial charge in [-0.3, -0.25) is 14.5 Å². The predicted molar refractivity (Wildman–Crippen MR) is 77.5 cm³/mol. The quantitative estimate of drug-likeness (QED) is 0.774. The summed E-state index contributed by atoms with van der Waals surface area (Å²) in [7, 11) is 1.58. The highest BCUT2D eigenvalue weighted by Gasteiger charge is 2.16. The van der Waals surface area contributed by atoms with E-state index in [1.165, 1.54) is 0 Å². The summed E-state index contributed by atoms with van der Waals surface area (Å²) >= 11 is 0. The fourth-order valence-corrected chi connectivity index (χ4v) is 1.68. The maximum atomic E-state index is 11.9. The third-order valence-electron chi connectivity index (χ3n) is 2.81. The normalized spacial score (nSPS) is 10.7. The van der Waals surface area contributed by atoms with Crippen molar-refractivity contribution in [3.8, 4) is 5.75 Å². The molecule has 20 heavy (non-hydrogen) atoms. The summed E-state index contributed by atoms with van der Waals surface area (Å²) in [6, 6.07) is 7.09. The zero-order valence-electron chi connectivity index (χ0n) is 12.1. The van der Waals surface area contributed by atoms with Gasteiger partial charge in [-0.25, -0.2) is 0 Å². The standard InChI is InChI=1S/C14H21N3O3/c1-10(2)17(8-13(15)18)9-14(19)16-11-4-6-12(20-3)7-5-11/h4-7,10H,8-9H2,1-3H3,(H2,15,18)(H,16,19). The van der Waals surface area contributed by atoms with Crippen molar-refractivity contribution in [1.29, 1.82) is 0 Å². The summed E-state index contributed by atoms with van der Waals surface area (Å²) in [6.45, 7) is 3.99. The number of hydrogen-bond acceptors (Lipinski definition) is 4. The molecule has 0 aliphatic heterocycles. The molecule has 2 amide bonds. The molecule has 0 saturated carbocycles. The largest absolute Gasteiger partial charge is 0.497 e. The molecule has 0 fully saturated rings. The molecule has 3 N–H and O–H groups in total. The fraction of sp³-hybridized carbons (Fsp3) is 0.429. The summed E-state index contributed by atoms with van der Waals surface area (Å²) in [5.41, 5.74) is 5.84. The number of methoxy groups -OCH3 is 1. The zero-order valence-corrected chi connectivity index (χ0v) is 12.1. The number of rotatable bonds is 7. The van der Waals surface area contributed by atoms with Crippen molar-refractivity contribution < 1.29 is 14.3 Å². The second-order valence-electron chi connectivity index (χ2n) is 4.74. The van der Waals surface area contributed by atoms with Crippen molar-refractivity contribution in [3.63, 3.8) is 0 Å². The van der Waals surface area contributed by atoms with E-state index in [-0.39, 0.29) is 25.0 Å². The van der Waals surface area contributed by atoms with E-state index in [2.05, 4.69) is 5.32 Å². The Bertz CT molecular complexity index is 457. The maximum absolute atomic E-state index is 11.9. The molecule has 0 bridgehead atoms. The Morgan fingerprint density at radius 1 is 1.25 bits per heavy atom. The van der Waals surface area contributed by atoms with Gasteiger partial charge in [0.05, 0.1) is 20.2 Å². The van der Waals surface area contributed by atoms with Crippen molar-refractivity contribution >= 4 is 17.5 Å². The molecule has 1 aromatic carbocycles. The van der Waals surface area contributed by atoms with Gasteiger partial charge >= 0.3 is 0 Å². The summed E-state index contributed by atoms with van der Waals surface area (Å²) in [5, 5.41) is 2.76. The molecule has 0 spiro atoms. The lowest BCUT2D eigenvalue weighted by Gasteiger charge is -2.24. The number of anilines is 1. The molecule has 1 aromatic rings. The van der Waals surface area contributed by atoms with Crippen LogP contribution in [0.5, 0.6) is 5.75 Å². The zero-order chi connectivity index (χ0) is 15.1. The Morgan fingerprint density at radius 2 is 1.85 bits per heavy atom. The molecule has 0 aliphatic rings. The van der Waals surface area contributed by atoms with Crippen molar-refractivity contribution in [2.45, 2.75) is 19.9 Å². The summed E-state index contributed by atoms with van der Waals surface area (Å²) in [4.78, 5) is 24.6. The van der Waals surface area contributed by atoms with Crippen LogP contribution in [0, 0.1) is 0 Å². The van der Waals surface area contributed by atoms with Gasteiger partial charge in [0.1, 0.15) is 5.75 Å². The summed E-state index contributed by atoms with van der Waals surface area (Å²) in [6.07, 6.45) is 0. The first-order valence-electron chi connectivity index (χ1n) is 6.38. The second-order valence-corrected chi connectivity index (χ2v) is 4.74. The Balaban J connectivity index is 2.58. The number of amides is 2. The number of nitrogens with two attached hydrogens (primary N) is 1. The number of nitrogens with one attached hydrogen (secondary N) is 1. The first-order chi connectivity index (χ1) is 9.42. The smallest absolute Gasteiger partial charge is 0.238 e. The van der Waals surface area contributed by atoms with Gasteiger partial charge in [-0.2, -0.15) is 0 Å². The molecule has 0 atom stereocenters. The van der Waals surface area contributed by atoms with Crippen LogP contribution in [0.15, 0.2) is 24.3 Å². The van der Waals surface area contributed by atoms with E-state index < -0.39 is 5.91 Å². The number of hydrogen-bond donors (Lipinski definition) is 2. The average molecular weight is 279 g/mol. The van der Waals surface area contributed by atoms with Gasteiger partial charge in [-0.1, -0.05) is 0 Å². The SMILES string of the molecule is COc1ccc(NC(=O)CN(CC(N)=O)C(C)C)cc1. The third kappa shape index (κ3) is 5.27. The van der Waals surface area contributed by atoms with E-state index in [0.29, 0.717) is 5.69 Å². The fourth-order valence-electron chi connectivity index (χ4n) is 1.68. The minimum atomic E-state index is -0.448. The molecule has 0 saturated heterocycles. The van der Waals surface area contributed by atoms with Crippen molar-refractivity contribution in [2.75, 3.05) is 25.5 Å². The van der Waals surface area contributed by atoms with E-state index >= 15 is 0 Å². The molecule has 6 heteroatoms. The number of nitrogens with zero attached hydrogens (tertiary/aromatic N) is 1. The lowest BCUT2D eigenvalue weighted by atomic mass is 10.2. The lowest BCUT2D eigenvalue weighted by Crippen LogP contribution is -2.43. The van der Waals surface area contributed by atoms with Gasteiger partial charge in [-0.05, 0) is 38.1 Å². The molecule has 1 rings (SSSR count). The van der Waals surface area contributed by atoms with Gasteiger partial charge < -0.3 is 15.8 Å². The minimum absolute atomic E-state index is 0.0594. The van der Waals surface area contributed by atoms with Gasteiger partial charge in [0.2, 0.25) is 11.8 Å². The molecule has 0 radical (unpaired) electrons. The van der Waals surface area contributed by atoms with Crippen molar-refractivity contribution in [2.24, 2.45) is 5.73 Å². The average Bonchev–Trinajstić information content (AvgIpc) is 2.38. The predicted octanol–water partition coefficient (Wildman–Crippen LogP) is 0.829. The minimum Gasteiger partial charge on any atom is -0.497 e. The van der Waals surface area contributed by atoms with Crippen LogP contribution in [0.2, 0.25) is 0 Å². The molecule has 0 heterocycles. The van der Waals surface area contributed by atoms with E-state index in [1.807, 2.05) is 13.8 Å². The third-order valence-corrected chi connectivity index (χ3v) is 2.81. The van der Waals surface area contributed by atoms with Crippen LogP contribution in [0.1, 0.15) is 13.8 Å². The Morgan fingerprint density at radius 3 is 2.30 bits per heavy atom. The van der Waals surface area contributed by atoms with Crippen molar-refractivity contribution in [1.82, 2.24) is 4.90 Å². The first kappa shape index (κ1) is 16.0. The number of benzene rings is 1. The van der Waals surface area contributed by atoms with Gasteiger partial charge in [0, 0.05) is 11.7 Å². The highest BCUT2D eigenvalue weighted by molar-refractivity contribution is 5.92. The van der Waals surface area contributed by atoms with Gasteiger partial charge in [0.15, 0.2) is 0 Å². The molecule has 0 unspecified atom stereocenters. The number of carbonyl (C=O) groups excluding carboxylic acids is 2. The van der Waals surface area contributed by atoms with E-state index in [0.717, 1.165) is 5.75 Å². The Kier molecular flexibility index (Phi) is 5.99. The summed E-state index contributed by atoms with van der Waals surface area (Å²) in [5.74, 6) is 0.0848. The molecular formula is C14H21N3O3. The van der Waals surface area contributed by atoms with Crippen LogP contribution in [0.4, 0.5) is 5.69 Å². The maximum Gasteiger partial charge on any atom is 0.238 e. The van der Waals surface area contributed by atoms with Crippen LogP contribution in [0.3, 0.4) is 0 Å². The van der Waals surface area contributed by atoms with Crippen LogP contribution in [-0.2, 0) is 9.59 Å². The monoisotopic (exact) mass is 279 g/mol. The van der Waals surface area contributed by atoms with Crippen molar-refractivity contribution in [3.05, 3.63) is 24.3 Å². The van der Waals surface area contributed by atoms with E-state index in [4.69, 9.17) is 10.5 Å². The molecule has 110 valence electrons. The van der Waals surface area contributed by atoms with E-state index in [9.17, 15) is 9.59 Å². The lowest BCUT2D eigenvalue weighted by molar-refractivity contribution is -0.121. The number of primary amides is 1. The molecule has 6 nitrogen and oxygen atoms in total. The molecule has 0 aromatic heterocycles. The van der Waals surface area contributed by atoms with Gasteiger partial charge in [-0.15, -0.1) is 0 Å². The highest BCUT2D eigenvalue weighted by atomic mass is 16.5. The Hall–Kier alpha value is -2.08. The van der Waals surface area contributed by atoms with Gasteiger partial charge in [0.25, 0.3) is 0 Å². The van der Waals surface area contributed by atoms with Crippen LogP contribution in [0.25, 0.3) is 0 Å². The summed E-state index contributed by atoms with van der Waals surface area (Å²) < 4.78 is 5.04. The second kappa shape index (κ2) is 7.49. The van der Waals surface area contributed by atoms with E-state index in [1.54, 1.807) is 36.3 Å². The first-order valence-corrected chi connectivity index (χ1v) is 6.38. The Labute approximate surface area is 118 Å². The topological polar surface area (TPSA) is 84.7 Å². The molecule has 0 aliphatic carbocycles. The number of carbonyl (C=O) groups is 2.